The lowest BCUT2D eigenvalue weighted by Crippen LogP contribution is -2.15. The molecule has 0 aliphatic heterocycles. The third-order valence-electron chi connectivity index (χ3n) is 3.55. The fourth-order valence-corrected chi connectivity index (χ4v) is 2.54. The van der Waals surface area contributed by atoms with Gasteiger partial charge in [0.2, 0.25) is 0 Å². The number of anilines is 1. The molecule has 6 heteroatoms. The smallest absolute Gasteiger partial charge is 0.131 e. The lowest BCUT2D eigenvalue weighted by atomic mass is 10.1. The highest BCUT2D eigenvalue weighted by atomic mass is 35.5. The number of aromatic nitrogens is 3. The molecule has 22 heavy (non-hydrogen) atoms. The first-order valence-electron chi connectivity index (χ1n) is 7.44. The average molecular weight is 322 g/mol. The van der Waals surface area contributed by atoms with E-state index in [0.717, 1.165) is 23.6 Å². The van der Waals surface area contributed by atoms with Gasteiger partial charge in [0.05, 0.1) is 5.69 Å². The second-order valence-electron chi connectivity index (χ2n) is 5.95. The summed E-state index contributed by atoms with van der Waals surface area (Å²) in [7, 11) is 5.86. The fraction of sp³-hybridized carbons (Fsp3) is 0.500. The highest BCUT2D eigenvalue weighted by Gasteiger charge is 2.16. The van der Waals surface area contributed by atoms with Crippen molar-refractivity contribution in [3.8, 4) is 0 Å². The molecule has 0 aromatic carbocycles. The highest BCUT2D eigenvalue weighted by molar-refractivity contribution is 6.30. The van der Waals surface area contributed by atoms with Gasteiger partial charge in [-0.25, -0.2) is 4.98 Å². The first-order chi connectivity index (χ1) is 10.4. The van der Waals surface area contributed by atoms with E-state index in [0.29, 0.717) is 17.6 Å². The molecule has 1 N–H and O–H groups in total. The third-order valence-corrected chi connectivity index (χ3v) is 4.02. The van der Waals surface area contributed by atoms with Crippen LogP contribution < -0.4 is 10.2 Å². The summed E-state index contributed by atoms with van der Waals surface area (Å²) in [5, 5.41) is 8.66. The van der Waals surface area contributed by atoms with Crippen LogP contribution in [-0.4, -0.2) is 28.9 Å². The molecule has 2 aromatic heterocycles. The van der Waals surface area contributed by atoms with Gasteiger partial charge in [-0.1, -0.05) is 25.4 Å². The Kier molecular flexibility index (Phi) is 5.42. The van der Waals surface area contributed by atoms with E-state index in [1.807, 2.05) is 38.3 Å². The van der Waals surface area contributed by atoms with E-state index in [-0.39, 0.29) is 0 Å². The molecule has 0 saturated heterocycles. The lowest BCUT2D eigenvalue weighted by Gasteiger charge is -2.13. The summed E-state index contributed by atoms with van der Waals surface area (Å²) < 4.78 is 1.74. The summed E-state index contributed by atoms with van der Waals surface area (Å²) in [5.41, 5.74) is 3.34. The van der Waals surface area contributed by atoms with Gasteiger partial charge in [0, 0.05) is 46.0 Å². The van der Waals surface area contributed by atoms with Crippen molar-refractivity contribution in [3.63, 3.8) is 0 Å². The van der Waals surface area contributed by atoms with Crippen molar-refractivity contribution in [3.05, 3.63) is 40.3 Å². The Labute approximate surface area is 137 Å². The number of rotatable bonds is 6. The first-order valence-corrected chi connectivity index (χ1v) is 7.82. The zero-order chi connectivity index (χ0) is 16.3. The molecule has 0 saturated carbocycles. The Morgan fingerprint density at radius 3 is 2.68 bits per heavy atom. The molecule has 120 valence electrons. The van der Waals surface area contributed by atoms with E-state index in [1.165, 1.54) is 5.56 Å². The van der Waals surface area contributed by atoms with E-state index in [9.17, 15) is 0 Å². The van der Waals surface area contributed by atoms with Gasteiger partial charge in [-0.05, 0) is 23.6 Å². The van der Waals surface area contributed by atoms with Crippen molar-refractivity contribution in [2.45, 2.75) is 32.9 Å². The molecule has 0 amide bonds. The van der Waals surface area contributed by atoms with E-state index in [2.05, 4.69) is 35.3 Å². The van der Waals surface area contributed by atoms with Crippen LogP contribution in [0.3, 0.4) is 0 Å². The van der Waals surface area contributed by atoms with Crippen LogP contribution >= 0.6 is 11.6 Å². The minimum absolute atomic E-state index is 0.358. The van der Waals surface area contributed by atoms with Crippen molar-refractivity contribution in [2.75, 3.05) is 19.0 Å². The molecule has 0 atom stereocenters. The Morgan fingerprint density at radius 1 is 1.32 bits per heavy atom. The maximum atomic E-state index is 6.35. The summed E-state index contributed by atoms with van der Waals surface area (Å²) in [6.07, 6.45) is 1.84. The minimum Gasteiger partial charge on any atom is -0.363 e. The summed E-state index contributed by atoms with van der Waals surface area (Å²) in [5.74, 6) is 1.32. The SMILES string of the molecule is CC(C)c1nn(C)c(Cl)c1CNCc1ccnc(N(C)C)c1. The Morgan fingerprint density at radius 2 is 2.05 bits per heavy atom. The lowest BCUT2D eigenvalue weighted by molar-refractivity contribution is 0.677. The van der Waals surface area contributed by atoms with Gasteiger partial charge in [0.15, 0.2) is 0 Å². The fourth-order valence-electron chi connectivity index (χ4n) is 2.34. The largest absolute Gasteiger partial charge is 0.363 e. The number of hydrogen-bond acceptors (Lipinski definition) is 4. The van der Waals surface area contributed by atoms with Gasteiger partial charge >= 0.3 is 0 Å². The molecule has 0 bridgehead atoms. The van der Waals surface area contributed by atoms with Crippen LogP contribution in [0.2, 0.25) is 5.15 Å². The van der Waals surface area contributed by atoms with Gasteiger partial charge in [0.25, 0.3) is 0 Å². The molecule has 0 aliphatic carbocycles. The van der Waals surface area contributed by atoms with Gasteiger partial charge in [-0.3, -0.25) is 4.68 Å². The quantitative estimate of drug-likeness (QED) is 0.888. The summed E-state index contributed by atoms with van der Waals surface area (Å²) in [6, 6.07) is 4.11. The number of nitrogens with zero attached hydrogens (tertiary/aromatic N) is 4. The standard InChI is InChI=1S/C16H24ClN5/c1-11(2)15-13(16(17)22(5)20-15)10-18-9-12-6-7-19-14(8-12)21(3)4/h6-8,11,18H,9-10H2,1-5H3. The Bertz CT molecular complexity index is 633. The number of halogens is 1. The Hall–Kier alpha value is -1.59. The predicted molar refractivity (Wildman–Crippen MR) is 91.4 cm³/mol. The van der Waals surface area contributed by atoms with Crippen molar-refractivity contribution in [1.29, 1.82) is 0 Å². The first kappa shape index (κ1) is 16.8. The molecule has 0 aliphatic rings. The van der Waals surface area contributed by atoms with Crippen LogP contribution in [0.1, 0.15) is 36.6 Å². The maximum Gasteiger partial charge on any atom is 0.131 e. The van der Waals surface area contributed by atoms with Crippen LogP contribution in [0.15, 0.2) is 18.3 Å². The van der Waals surface area contributed by atoms with Crippen molar-refractivity contribution < 1.29 is 0 Å². The molecule has 2 rings (SSSR count). The van der Waals surface area contributed by atoms with Crippen LogP contribution in [0.4, 0.5) is 5.82 Å². The number of aryl methyl sites for hydroxylation is 1. The molecule has 0 radical (unpaired) electrons. The van der Waals surface area contributed by atoms with E-state index in [4.69, 9.17) is 11.6 Å². The van der Waals surface area contributed by atoms with E-state index in [1.54, 1.807) is 4.68 Å². The van der Waals surface area contributed by atoms with Gasteiger partial charge in [-0.2, -0.15) is 5.10 Å². The highest BCUT2D eigenvalue weighted by Crippen LogP contribution is 2.25. The van der Waals surface area contributed by atoms with Crippen LogP contribution in [0.25, 0.3) is 0 Å². The minimum atomic E-state index is 0.358. The zero-order valence-corrected chi connectivity index (χ0v) is 14.6. The van der Waals surface area contributed by atoms with E-state index >= 15 is 0 Å². The molecular formula is C16H24ClN5. The molecular weight excluding hydrogens is 298 g/mol. The average Bonchev–Trinajstić information content (AvgIpc) is 2.76. The summed E-state index contributed by atoms with van der Waals surface area (Å²) in [4.78, 5) is 6.32. The Balaban J connectivity index is 2.04. The number of pyridine rings is 1. The van der Waals surface area contributed by atoms with Crippen molar-refractivity contribution >= 4 is 17.4 Å². The molecule has 2 aromatic rings. The summed E-state index contributed by atoms with van der Waals surface area (Å²) in [6.45, 7) is 5.74. The van der Waals surface area contributed by atoms with Crippen LogP contribution in [-0.2, 0) is 20.1 Å². The van der Waals surface area contributed by atoms with Crippen LogP contribution in [0, 0.1) is 0 Å². The van der Waals surface area contributed by atoms with Gasteiger partial charge in [0.1, 0.15) is 11.0 Å². The molecule has 2 heterocycles. The topological polar surface area (TPSA) is 46.0 Å². The third kappa shape index (κ3) is 3.78. The van der Waals surface area contributed by atoms with Crippen LogP contribution in [0.5, 0.6) is 0 Å². The summed E-state index contributed by atoms with van der Waals surface area (Å²) >= 11 is 6.35. The zero-order valence-electron chi connectivity index (χ0n) is 13.9. The van der Waals surface area contributed by atoms with Gasteiger partial charge in [-0.15, -0.1) is 0 Å². The van der Waals surface area contributed by atoms with E-state index < -0.39 is 0 Å². The molecule has 0 spiro atoms. The molecule has 0 fully saturated rings. The normalized spacial score (nSPS) is 11.2. The van der Waals surface area contributed by atoms with Crippen molar-refractivity contribution in [2.24, 2.45) is 7.05 Å². The maximum absolute atomic E-state index is 6.35. The monoisotopic (exact) mass is 321 g/mol. The van der Waals surface area contributed by atoms with Crippen molar-refractivity contribution in [1.82, 2.24) is 20.1 Å². The predicted octanol–water partition coefficient (Wildman–Crippen LogP) is 2.95. The molecule has 0 unspecified atom stereocenters. The van der Waals surface area contributed by atoms with Gasteiger partial charge < -0.3 is 10.2 Å². The second-order valence-corrected chi connectivity index (χ2v) is 6.31. The number of hydrogen-bond donors (Lipinski definition) is 1. The number of nitrogens with one attached hydrogen (secondary N) is 1. The second kappa shape index (κ2) is 7.11. The molecule has 5 nitrogen and oxygen atoms in total.